The maximum atomic E-state index is 14.2. The van der Waals surface area contributed by atoms with Crippen LogP contribution in [0.25, 0.3) is 0 Å². The number of piperidine rings is 1. The molecule has 3 aliphatic rings. The van der Waals surface area contributed by atoms with E-state index in [4.69, 9.17) is 23.7 Å². The number of hydrogen-bond donors (Lipinski definition) is 2. The smallest absolute Gasteiger partial charge is 0.231 e. The van der Waals surface area contributed by atoms with Crippen molar-refractivity contribution in [2.45, 2.75) is 31.8 Å². The Morgan fingerprint density at radius 2 is 1.57 bits per heavy atom. The number of carbonyl (C=O) groups is 1. The normalized spacial score (nSPS) is 25.0. The zero-order valence-corrected chi connectivity index (χ0v) is 21.7. The third-order valence-electron chi connectivity index (χ3n) is 8.10. The lowest BCUT2D eigenvalue weighted by Crippen LogP contribution is -2.49. The molecule has 1 saturated heterocycles. The lowest BCUT2D eigenvalue weighted by atomic mass is 9.64. The van der Waals surface area contributed by atoms with Crippen LogP contribution in [-0.4, -0.2) is 68.8 Å². The molecule has 0 spiro atoms. The van der Waals surface area contributed by atoms with Crippen LogP contribution in [0.15, 0.2) is 24.3 Å². The van der Waals surface area contributed by atoms with Gasteiger partial charge in [0.2, 0.25) is 18.4 Å². The van der Waals surface area contributed by atoms with Gasteiger partial charge in [0.05, 0.1) is 33.4 Å². The van der Waals surface area contributed by atoms with Crippen molar-refractivity contribution in [1.29, 1.82) is 0 Å². The summed E-state index contributed by atoms with van der Waals surface area (Å²) in [5.41, 5.74) is 2.11. The number of methoxy groups -OCH3 is 3. The fourth-order valence-electron chi connectivity index (χ4n) is 6.01. The molecule has 0 radical (unpaired) electrons. The van der Waals surface area contributed by atoms with E-state index in [2.05, 4.69) is 6.92 Å². The van der Waals surface area contributed by atoms with Crippen molar-refractivity contribution < 1.29 is 38.7 Å². The van der Waals surface area contributed by atoms with E-state index in [9.17, 15) is 15.0 Å². The van der Waals surface area contributed by atoms with Crippen molar-refractivity contribution in [3.63, 3.8) is 0 Å². The van der Waals surface area contributed by atoms with Crippen LogP contribution in [0.4, 0.5) is 0 Å². The molecule has 2 aromatic rings. The van der Waals surface area contributed by atoms with E-state index in [0.29, 0.717) is 53.3 Å². The molecule has 200 valence electrons. The summed E-state index contributed by atoms with van der Waals surface area (Å²) >= 11 is 0. The number of aliphatic hydroxyl groups is 2. The van der Waals surface area contributed by atoms with Crippen LogP contribution in [0.5, 0.6) is 28.7 Å². The molecule has 2 aromatic carbocycles. The highest BCUT2D eigenvalue weighted by Crippen LogP contribution is 2.54. The fraction of sp³-hybridized carbons (Fsp3) is 0.536. The second-order valence-electron chi connectivity index (χ2n) is 10.1. The first-order valence-electron chi connectivity index (χ1n) is 12.7. The molecule has 37 heavy (non-hydrogen) atoms. The first kappa shape index (κ1) is 25.5. The van der Waals surface area contributed by atoms with E-state index >= 15 is 0 Å². The molecule has 2 N–H and O–H groups in total. The molecule has 9 heteroatoms. The minimum Gasteiger partial charge on any atom is -0.493 e. The van der Waals surface area contributed by atoms with Crippen LogP contribution < -0.4 is 23.7 Å². The first-order chi connectivity index (χ1) is 17.9. The summed E-state index contributed by atoms with van der Waals surface area (Å²) in [6.07, 6.45) is 0.801. The molecule has 0 bridgehead atoms. The van der Waals surface area contributed by atoms with Crippen LogP contribution in [0.2, 0.25) is 0 Å². The maximum absolute atomic E-state index is 14.2. The van der Waals surface area contributed by atoms with Gasteiger partial charge in [0.15, 0.2) is 23.0 Å². The zero-order chi connectivity index (χ0) is 26.3. The van der Waals surface area contributed by atoms with E-state index in [1.807, 2.05) is 23.1 Å². The first-order valence-corrected chi connectivity index (χ1v) is 12.7. The summed E-state index contributed by atoms with van der Waals surface area (Å²) in [5.74, 6) is 0.998. The highest BCUT2D eigenvalue weighted by atomic mass is 16.7. The third-order valence-corrected chi connectivity index (χ3v) is 8.10. The Kier molecular flexibility index (Phi) is 7.09. The number of fused-ring (bicyclic) bond motifs is 2. The van der Waals surface area contributed by atoms with Gasteiger partial charge >= 0.3 is 0 Å². The van der Waals surface area contributed by atoms with Gasteiger partial charge in [-0.3, -0.25) is 4.79 Å². The number of amides is 1. The Labute approximate surface area is 216 Å². The van der Waals surface area contributed by atoms with Gasteiger partial charge in [0.1, 0.15) is 0 Å². The predicted octanol–water partition coefficient (Wildman–Crippen LogP) is 3.10. The number of benzene rings is 2. The molecule has 1 fully saturated rings. The van der Waals surface area contributed by atoms with Crippen molar-refractivity contribution in [2.75, 3.05) is 47.8 Å². The third kappa shape index (κ3) is 4.34. The van der Waals surface area contributed by atoms with E-state index in [1.54, 1.807) is 27.4 Å². The number of nitrogens with zero attached hydrogens (tertiary/aromatic N) is 1. The van der Waals surface area contributed by atoms with Crippen LogP contribution in [0, 0.1) is 17.8 Å². The van der Waals surface area contributed by atoms with Crippen molar-refractivity contribution in [3.8, 4) is 28.7 Å². The van der Waals surface area contributed by atoms with Crippen LogP contribution in [0.1, 0.15) is 48.5 Å². The lowest BCUT2D eigenvalue weighted by Gasteiger charge is -2.44. The van der Waals surface area contributed by atoms with Gasteiger partial charge in [0, 0.05) is 31.5 Å². The minimum atomic E-state index is -1.05. The summed E-state index contributed by atoms with van der Waals surface area (Å²) in [6.45, 7) is 3.24. The van der Waals surface area contributed by atoms with E-state index < -0.39 is 23.9 Å². The Morgan fingerprint density at radius 3 is 2.11 bits per heavy atom. The number of aliphatic hydroxyl groups excluding tert-OH is 2. The number of likely N-dealkylation sites (tertiary alicyclic amines) is 1. The van der Waals surface area contributed by atoms with Crippen LogP contribution in [-0.2, 0) is 4.79 Å². The fourth-order valence-corrected chi connectivity index (χ4v) is 6.01. The van der Waals surface area contributed by atoms with Crippen molar-refractivity contribution in [1.82, 2.24) is 4.90 Å². The Bertz CT molecular complexity index is 1130. The van der Waals surface area contributed by atoms with Gasteiger partial charge in [-0.05, 0) is 59.7 Å². The Morgan fingerprint density at radius 1 is 0.973 bits per heavy atom. The largest absolute Gasteiger partial charge is 0.493 e. The van der Waals surface area contributed by atoms with Gasteiger partial charge in [-0.15, -0.1) is 0 Å². The molecule has 1 amide bonds. The predicted molar refractivity (Wildman–Crippen MR) is 135 cm³/mol. The lowest BCUT2D eigenvalue weighted by molar-refractivity contribution is -0.143. The van der Waals surface area contributed by atoms with Crippen molar-refractivity contribution >= 4 is 5.91 Å². The summed E-state index contributed by atoms with van der Waals surface area (Å²) < 4.78 is 28.0. The molecule has 4 atom stereocenters. The van der Waals surface area contributed by atoms with Crippen molar-refractivity contribution in [2.24, 2.45) is 17.8 Å². The Hall–Kier alpha value is -3.17. The van der Waals surface area contributed by atoms with Gasteiger partial charge < -0.3 is 38.8 Å². The number of carbonyl (C=O) groups excluding carboxylic acids is 1. The summed E-state index contributed by atoms with van der Waals surface area (Å²) in [6, 6.07) is 7.29. The van der Waals surface area contributed by atoms with Crippen molar-refractivity contribution in [3.05, 3.63) is 41.0 Å². The van der Waals surface area contributed by atoms with Gasteiger partial charge in [-0.2, -0.15) is 0 Å². The van der Waals surface area contributed by atoms with Gasteiger partial charge in [-0.1, -0.05) is 6.92 Å². The number of rotatable bonds is 6. The second kappa shape index (κ2) is 10.3. The summed E-state index contributed by atoms with van der Waals surface area (Å²) in [7, 11) is 4.63. The van der Waals surface area contributed by atoms with Gasteiger partial charge in [0.25, 0.3) is 0 Å². The molecule has 2 aliphatic heterocycles. The molecular formula is C28H35NO8. The average Bonchev–Trinajstić information content (AvgIpc) is 3.38. The molecule has 9 nitrogen and oxygen atoms in total. The molecule has 1 aliphatic carbocycles. The van der Waals surface area contributed by atoms with Crippen LogP contribution in [0.3, 0.4) is 0 Å². The second-order valence-corrected chi connectivity index (χ2v) is 10.1. The SMILES string of the molecule is COc1cc(C2c3cc4c(cc3C(O)C(CO)C2C(=O)N2CCC(C)CC2)OCO4)cc(OC)c1OC. The van der Waals surface area contributed by atoms with E-state index in [-0.39, 0.29) is 19.3 Å². The Balaban J connectivity index is 1.71. The quantitative estimate of drug-likeness (QED) is 0.607. The highest BCUT2D eigenvalue weighted by molar-refractivity contribution is 5.82. The highest BCUT2D eigenvalue weighted by Gasteiger charge is 2.49. The van der Waals surface area contributed by atoms with E-state index in [1.165, 1.54) is 0 Å². The zero-order valence-electron chi connectivity index (χ0n) is 21.7. The van der Waals surface area contributed by atoms with E-state index in [0.717, 1.165) is 24.0 Å². The average molecular weight is 514 g/mol. The topological polar surface area (TPSA) is 107 Å². The van der Waals surface area contributed by atoms with Gasteiger partial charge in [-0.25, -0.2) is 0 Å². The maximum Gasteiger partial charge on any atom is 0.231 e. The summed E-state index contributed by atoms with van der Waals surface area (Å²) in [4.78, 5) is 16.1. The molecule has 0 saturated carbocycles. The molecule has 2 heterocycles. The monoisotopic (exact) mass is 513 g/mol. The molecule has 0 aromatic heterocycles. The molecule has 4 unspecified atom stereocenters. The number of ether oxygens (including phenoxy) is 5. The minimum absolute atomic E-state index is 0.0768. The van der Waals surface area contributed by atoms with Crippen LogP contribution >= 0.6 is 0 Å². The molecule has 5 rings (SSSR count). The number of hydrogen-bond acceptors (Lipinski definition) is 8. The summed E-state index contributed by atoms with van der Waals surface area (Å²) in [5, 5.41) is 22.0. The molecular weight excluding hydrogens is 478 g/mol. The standard InChI is InChI=1S/C28H35NO8/c1-15-5-7-29(8-6-15)28(32)25-19(13-30)26(31)18-12-21-20(36-14-37-21)11-17(18)24(25)16-9-22(33-2)27(35-4)23(10-16)34-3/h9-12,15,19,24-26,30-31H,5-8,13-14H2,1-4H3.